The van der Waals surface area contributed by atoms with Gasteiger partial charge in [-0.2, -0.15) is 0 Å². The minimum atomic E-state index is -3.61. The average Bonchev–Trinajstić information content (AvgIpc) is 3.27. The predicted octanol–water partition coefficient (Wildman–Crippen LogP) is 3.10. The summed E-state index contributed by atoms with van der Waals surface area (Å²) in [5.41, 5.74) is 2.37. The molecular weight excluding hydrogens is 475 g/mol. The molecule has 0 spiro atoms. The third-order valence-electron chi connectivity index (χ3n) is 6.01. The van der Waals surface area contributed by atoms with Crippen molar-refractivity contribution in [3.8, 4) is 0 Å². The highest BCUT2D eigenvalue weighted by atomic mass is 32.2. The van der Waals surface area contributed by atoms with E-state index in [0.29, 0.717) is 13.1 Å². The van der Waals surface area contributed by atoms with Crippen LogP contribution in [0.15, 0.2) is 47.4 Å². The van der Waals surface area contributed by atoms with Gasteiger partial charge >= 0.3 is 0 Å². The van der Waals surface area contributed by atoms with Crippen LogP contribution in [0.25, 0.3) is 10.2 Å². The van der Waals surface area contributed by atoms with Crippen LogP contribution in [0, 0.1) is 5.82 Å². The summed E-state index contributed by atoms with van der Waals surface area (Å²) in [5, 5.41) is 3.86. The Bertz CT molecular complexity index is 1240. The normalized spacial score (nSPS) is 15.1. The Hall–Kier alpha value is -2.56. The highest BCUT2D eigenvalue weighted by Gasteiger charge is 2.20. The van der Waals surface area contributed by atoms with E-state index in [0.717, 1.165) is 55.4 Å². The second-order valence-electron chi connectivity index (χ2n) is 8.35. The molecular formula is C24H29FN4O3S2. The number of benzene rings is 2. The van der Waals surface area contributed by atoms with Crippen molar-refractivity contribution in [1.82, 2.24) is 15.2 Å². The first kappa shape index (κ1) is 24.6. The first-order valence-electron chi connectivity index (χ1n) is 11.5. The Morgan fingerprint density at radius 2 is 1.85 bits per heavy atom. The fourth-order valence-corrected chi connectivity index (χ4v) is 6.22. The van der Waals surface area contributed by atoms with Crippen LogP contribution in [-0.4, -0.2) is 69.2 Å². The molecule has 0 bridgehead atoms. The lowest BCUT2D eigenvalue weighted by Crippen LogP contribution is -2.48. The molecule has 0 radical (unpaired) electrons. The van der Waals surface area contributed by atoms with Gasteiger partial charge in [0.25, 0.3) is 0 Å². The Labute approximate surface area is 203 Å². The highest BCUT2D eigenvalue weighted by molar-refractivity contribution is 7.91. The molecule has 1 fully saturated rings. The summed E-state index contributed by atoms with van der Waals surface area (Å²) in [6.45, 7) is 6.85. The van der Waals surface area contributed by atoms with Gasteiger partial charge in [-0.15, -0.1) is 0 Å². The molecule has 4 rings (SSSR count). The van der Waals surface area contributed by atoms with E-state index in [1.54, 1.807) is 11.3 Å². The van der Waals surface area contributed by atoms with Crippen LogP contribution in [0.3, 0.4) is 0 Å². The number of fused-ring (bicyclic) bond motifs is 1. The number of piperazine rings is 1. The first-order chi connectivity index (χ1) is 16.3. The number of nitrogens with one attached hydrogen (secondary N) is 1. The van der Waals surface area contributed by atoms with Crippen LogP contribution < -0.4 is 10.2 Å². The Morgan fingerprint density at radius 3 is 2.56 bits per heavy atom. The molecule has 0 aliphatic carbocycles. The molecule has 0 atom stereocenters. The van der Waals surface area contributed by atoms with Crippen molar-refractivity contribution < 1.29 is 17.6 Å². The summed E-state index contributed by atoms with van der Waals surface area (Å²) in [6.07, 6.45) is 0.896. The maximum atomic E-state index is 13.0. The van der Waals surface area contributed by atoms with Crippen molar-refractivity contribution in [2.45, 2.75) is 24.7 Å². The van der Waals surface area contributed by atoms with Gasteiger partial charge in [-0.05, 0) is 48.4 Å². The van der Waals surface area contributed by atoms with E-state index in [4.69, 9.17) is 4.98 Å². The van der Waals surface area contributed by atoms with E-state index >= 15 is 0 Å². The third kappa shape index (κ3) is 6.11. The lowest BCUT2D eigenvalue weighted by atomic mass is 10.2. The average molecular weight is 505 g/mol. The smallest absolute Gasteiger partial charge is 0.221 e. The van der Waals surface area contributed by atoms with Crippen molar-refractivity contribution in [3.63, 3.8) is 0 Å². The molecule has 1 aromatic heterocycles. The van der Waals surface area contributed by atoms with Gasteiger partial charge in [0.2, 0.25) is 5.91 Å². The number of halogens is 1. The summed E-state index contributed by atoms with van der Waals surface area (Å²) in [4.78, 5) is 21.5. The second-order valence-corrected chi connectivity index (χ2v) is 11.5. The molecule has 1 amide bonds. The molecule has 1 aliphatic rings. The van der Waals surface area contributed by atoms with Gasteiger partial charge in [0.1, 0.15) is 5.82 Å². The minimum Gasteiger partial charge on any atom is -0.355 e. The number of thiazole rings is 1. The number of anilines is 1. The molecule has 7 nitrogen and oxygen atoms in total. The summed E-state index contributed by atoms with van der Waals surface area (Å²) >= 11 is 1.73. The fraction of sp³-hybridized carbons (Fsp3) is 0.417. The number of sulfone groups is 1. The third-order valence-corrected chi connectivity index (χ3v) is 8.82. The molecule has 1 aliphatic heterocycles. The van der Waals surface area contributed by atoms with Crippen LogP contribution >= 0.6 is 11.3 Å². The number of nitrogens with zero attached hydrogens (tertiary/aromatic N) is 3. The zero-order chi connectivity index (χ0) is 24.1. The number of aryl methyl sites for hydroxylation is 1. The highest BCUT2D eigenvalue weighted by Crippen LogP contribution is 2.30. The number of carbonyl (C=O) groups excluding carboxylic acids is 1. The maximum absolute atomic E-state index is 13.0. The van der Waals surface area contributed by atoms with Crippen LogP contribution in [-0.2, 0) is 21.1 Å². The van der Waals surface area contributed by atoms with Gasteiger partial charge in [0.15, 0.2) is 15.0 Å². The summed E-state index contributed by atoms with van der Waals surface area (Å²) in [6, 6.07) is 11.1. The molecule has 0 unspecified atom stereocenters. The van der Waals surface area contributed by atoms with Crippen molar-refractivity contribution >= 4 is 42.4 Å². The van der Waals surface area contributed by atoms with E-state index in [-0.39, 0.29) is 23.0 Å². The molecule has 182 valence electrons. The van der Waals surface area contributed by atoms with Gasteiger partial charge in [-0.3, -0.25) is 9.69 Å². The van der Waals surface area contributed by atoms with E-state index in [2.05, 4.69) is 40.2 Å². The van der Waals surface area contributed by atoms with Crippen LogP contribution in [0.4, 0.5) is 9.52 Å². The topological polar surface area (TPSA) is 82.6 Å². The molecule has 3 aromatic rings. The van der Waals surface area contributed by atoms with Crippen molar-refractivity contribution in [2.24, 2.45) is 0 Å². The standard InChI is InChI=1S/C24H29FN4O3S2/c1-2-18-3-8-21-22(17-18)33-24(27-21)29-14-12-28(13-15-29)11-10-26-23(30)9-16-34(31,32)20-6-4-19(25)5-7-20/h3-8,17H,2,9-16H2,1H3,(H,26,30). The predicted molar refractivity (Wildman–Crippen MR) is 134 cm³/mol. The second kappa shape index (κ2) is 10.8. The number of amides is 1. The molecule has 2 heterocycles. The monoisotopic (exact) mass is 504 g/mol. The van der Waals surface area contributed by atoms with Crippen LogP contribution in [0.5, 0.6) is 0 Å². The molecule has 1 saturated heterocycles. The maximum Gasteiger partial charge on any atom is 0.221 e. The fourth-order valence-electron chi connectivity index (χ4n) is 3.90. The zero-order valence-corrected chi connectivity index (χ0v) is 20.8. The summed E-state index contributed by atoms with van der Waals surface area (Å²) < 4.78 is 38.8. The van der Waals surface area contributed by atoms with Crippen LogP contribution in [0.2, 0.25) is 0 Å². The Morgan fingerprint density at radius 1 is 1.12 bits per heavy atom. The molecule has 34 heavy (non-hydrogen) atoms. The van der Waals surface area contributed by atoms with E-state index in [1.807, 2.05) is 0 Å². The molecule has 0 saturated carbocycles. The molecule has 1 N–H and O–H groups in total. The van der Waals surface area contributed by atoms with Gasteiger partial charge < -0.3 is 10.2 Å². The summed E-state index contributed by atoms with van der Waals surface area (Å²) in [5.74, 6) is -1.10. The van der Waals surface area contributed by atoms with Gasteiger partial charge in [0.05, 0.1) is 20.9 Å². The van der Waals surface area contributed by atoms with Crippen molar-refractivity contribution in [3.05, 3.63) is 53.8 Å². The number of carbonyl (C=O) groups is 1. The Balaban J connectivity index is 1.18. The van der Waals surface area contributed by atoms with E-state index in [1.165, 1.54) is 22.4 Å². The van der Waals surface area contributed by atoms with Gasteiger partial charge in [-0.1, -0.05) is 24.3 Å². The first-order valence-corrected chi connectivity index (χ1v) is 13.9. The quantitative estimate of drug-likeness (QED) is 0.451. The van der Waals surface area contributed by atoms with Gasteiger partial charge in [0, 0.05) is 45.7 Å². The number of hydrogen-bond acceptors (Lipinski definition) is 7. The zero-order valence-electron chi connectivity index (χ0n) is 19.2. The Kier molecular flexibility index (Phi) is 7.80. The van der Waals surface area contributed by atoms with Crippen molar-refractivity contribution in [2.75, 3.05) is 49.9 Å². The lowest BCUT2D eigenvalue weighted by molar-refractivity contribution is -0.120. The summed E-state index contributed by atoms with van der Waals surface area (Å²) in [7, 11) is -3.61. The van der Waals surface area contributed by atoms with Gasteiger partial charge in [-0.25, -0.2) is 17.8 Å². The van der Waals surface area contributed by atoms with E-state index in [9.17, 15) is 17.6 Å². The number of aromatic nitrogens is 1. The van der Waals surface area contributed by atoms with Crippen LogP contribution in [0.1, 0.15) is 18.9 Å². The largest absolute Gasteiger partial charge is 0.355 e. The van der Waals surface area contributed by atoms with E-state index < -0.39 is 15.7 Å². The minimum absolute atomic E-state index is 0.0264. The molecule has 2 aromatic carbocycles. The lowest BCUT2D eigenvalue weighted by Gasteiger charge is -2.34. The molecule has 10 heteroatoms. The number of hydrogen-bond donors (Lipinski definition) is 1. The van der Waals surface area contributed by atoms with Crippen molar-refractivity contribution in [1.29, 1.82) is 0 Å². The SMILES string of the molecule is CCc1ccc2nc(N3CCN(CCNC(=O)CCS(=O)(=O)c4ccc(F)cc4)CC3)sc2c1. The number of rotatable bonds is 9.